The van der Waals surface area contributed by atoms with Crippen LogP contribution in [-0.4, -0.2) is 12.5 Å². The highest BCUT2D eigenvalue weighted by Gasteiger charge is 2.16. The molecule has 1 atom stereocenters. The molecule has 0 aliphatic heterocycles. The first-order valence-corrected chi connectivity index (χ1v) is 7.62. The van der Waals surface area contributed by atoms with Crippen molar-refractivity contribution in [3.63, 3.8) is 0 Å². The van der Waals surface area contributed by atoms with Crippen LogP contribution in [-0.2, 0) is 11.2 Å². The molecular weight excluding hydrogens is 277 g/mol. The van der Waals surface area contributed by atoms with Crippen molar-refractivity contribution in [2.75, 3.05) is 6.54 Å². The topological polar surface area (TPSA) is 29.1 Å². The van der Waals surface area contributed by atoms with Gasteiger partial charge in [0.1, 0.15) is 5.82 Å². The molecule has 1 N–H and O–H groups in total. The number of carbonyl (C=O) groups excluding carboxylic acids is 1. The predicted molar refractivity (Wildman–Crippen MR) is 87.1 cm³/mol. The van der Waals surface area contributed by atoms with E-state index in [4.69, 9.17) is 0 Å². The Morgan fingerprint density at radius 2 is 1.82 bits per heavy atom. The van der Waals surface area contributed by atoms with Crippen LogP contribution in [0.25, 0.3) is 0 Å². The summed E-state index contributed by atoms with van der Waals surface area (Å²) in [4.78, 5) is 12.0. The third-order valence-electron chi connectivity index (χ3n) is 3.81. The van der Waals surface area contributed by atoms with Gasteiger partial charge in [-0.1, -0.05) is 56.3 Å². The van der Waals surface area contributed by atoms with Gasteiger partial charge in [0, 0.05) is 12.5 Å². The zero-order chi connectivity index (χ0) is 15.9. The van der Waals surface area contributed by atoms with Crippen molar-refractivity contribution in [3.05, 3.63) is 71.5 Å². The molecule has 2 rings (SSSR count). The monoisotopic (exact) mass is 299 g/mol. The lowest BCUT2D eigenvalue weighted by atomic mass is 9.88. The van der Waals surface area contributed by atoms with E-state index in [0.29, 0.717) is 18.0 Å². The third-order valence-corrected chi connectivity index (χ3v) is 3.81. The fraction of sp³-hybridized carbons (Fsp3) is 0.316. The zero-order valence-electron chi connectivity index (χ0n) is 13.1. The van der Waals surface area contributed by atoms with E-state index >= 15 is 0 Å². The Morgan fingerprint density at radius 1 is 1.09 bits per heavy atom. The molecule has 1 unspecified atom stereocenters. The van der Waals surface area contributed by atoms with Gasteiger partial charge in [-0.25, -0.2) is 4.39 Å². The molecule has 22 heavy (non-hydrogen) atoms. The maximum absolute atomic E-state index is 13.1. The summed E-state index contributed by atoms with van der Waals surface area (Å²) in [6.45, 7) is 4.89. The molecule has 0 aliphatic carbocycles. The average molecular weight is 299 g/mol. The summed E-state index contributed by atoms with van der Waals surface area (Å²) in [7, 11) is 0. The fourth-order valence-electron chi connectivity index (χ4n) is 2.56. The van der Waals surface area contributed by atoms with E-state index in [1.807, 2.05) is 18.2 Å². The minimum Gasteiger partial charge on any atom is -0.355 e. The summed E-state index contributed by atoms with van der Waals surface area (Å²) in [5, 5.41) is 2.97. The second-order valence-electron chi connectivity index (χ2n) is 5.87. The van der Waals surface area contributed by atoms with Gasteiger partial charge in [-0.05, 0) is 29.2 Å². The van der Waals surface area contributed by atoms with Gasteiger partial charge in [-0.2, -0.15) is 0 Å². The molecule has 2 aromatic rings. The number of benzene rings is 2. The Kier molecular flexibility index (Phi) is 5.70. The summed E-state index contributed by atoms with van der Waals surface area (Å²) >= 11 is 0. The van der Waals surface area contributed by atoms with Gasteiger partial charge in [0.15, 0.2) is 0 Å². The quantitative estimate of drug-likeness (QED) is 0.860. The largest absolute Gasteiger partial charge is 0.355 e. The van der Waals surface area contributed by atoms with Crippen molar-refractivity contribution in [2.45, 2.75) is 26.2 Å². The Morgan fingerprint density at radius 3 is 2.45 bits per heavy atom. The predicted octanol–water partition coefficient (Wildman–Crippen LogP) is 3.92. The molecular formula is C19H22FNO. The van der Waals surface area contributed by atoms with E-state index in [9.17, 15) is 9.18 Å². The molecule has 0 spiro atoms. The minimum atomic E-state index is -0.311. The molecule has 2 aromatic carbocycles. The molecule has 0 saturated carbocycles. The first-order chi connectivity index (χ1) is 10.6. The van der Waals surface area contributed by atoms with E-state index in [0.717, 1.165) is 0 Å². The van der Waals surface area contributed by atoms with Crippen LogP contribution in [0.4, 0.5) is 4.39 Å². The van der Waals surface area contributed by atoms with Gasteiger partial charge in [0.05, 0.1) is 6.42 Å². The molecule has 0 bridgehead atoms. The van der Waals surface area contributed by atoms with Crippen molar-refractivity contribution in [1.29, 1.82) is 0 Å². The van der Waals surface area contributed by atoms with Gasteiger partial charge in [-0.15, -0.1) is 0 Å². The fourth-order valence-corrected chi connectivity index (χ4v) is 2.56. The molecule has 0 saturated heterocycles. The standard InChI is InChI=1S/C19H22FNO/c1-14(2)18(16-8-4-3-5-9-16)13-21-19(22)12-15-7-6-10-17(20)11-15/h3-11,14,18H,12-13H2,1-2H3,(H,21,22). The van der Waals surface area contributed by atoms with Crippen molar-refractivity contribution in [1.82, 2.24) is 5.32 Å². The van der Waals surface area contributed by atoms with Crippen molar-refractivity contribution >= 4 is 5.91 Å². The molecule has 0 aromatic heterocycles. The maximum Gasteiger partial charge on any atom is 0.224 e. The van der Waals surface area contributed by atoms with Gasteiger partial charge >= 0.3 is 0 Å². The van der Waals surface area contributed by atoms with E-state index in [2.05, 4.69) is 31.3 Å². The van der Waals surface area contributed by atoms with Crippen LogP contribution in [0, 0.1) is 11.7 Å². The third kappa shape index (κ3) is 4.69. The summed E-state index contributed by atoms with van der Waals surface area (Å²) in [6, 6.07) is 16.4. The summed E-state index contributed by atoms with van der Waals surface area (Å²) in [6.07, 6.45) is 0.206. The van der Waals surface area contributed by atoms with Gasteiger partial charge in [0.25, 0.3) is 0 Å². The SMILES string of the molecule is CC(C)C(CNC(=O)Cc1cccc(F)c1)c1ccccc1. The smallest absolute Gasteiger partial charge is 0.224 e. The average Bonchev–Trinajstić information content (AvgIpc) is 2.48. The Hall–Kier alpha value is -2.16. The number of amides is 1. The molecule has 0 heterocycles. The molecule has 0 radical (unpaired) electrons. The Balaban J connectivity index is 1.94. The first kappa shape index (κ1) is 16.2. The lowest BCUT2D eigenvalue weighted by Crippen LogP contribution is -2.31. The van der Waals surface area contributed by atoms with Crippen molar-refractivity contribution in [3.8, 4) is 0 Å². The molecule has 3 heteroatoms. The van der Waals surface area contributed by atoms with Crippen LogP contribution in [0.3, 0.4) is 0 Å². The van der Waals surface area contributed by atoms with E-state index in [-0.39, 0.29) is 24.1 Å². The van der Waals surface area contributed by atoms with E-state index < -0.39 is 0 Å². The number of rotatable bonds is 6. The number of carbonyl (C=O) groups is 1. The highest BCUT2D eigenvalue weighted by molar-refractivity contribution is 5.78. The maximum atomic E-state index is 13.1. The normalized spacial score (nSPS) is 12.2. The molecule has 0 aliphatic rings. The van der Waals surface area contributed by atoms with E-state index in [1.54, 1.807) is 12.1 Å². The van der Waals surface area contributed by atoms with Crippen LogP contribution in [0.15, 0.2) is 54.6 Å². The van der Waals surface area contributed by atoms with E-state index in [1.165, 1.54) is 17.7 Å². The number of halogens is 1. The van der Waals surface area contributed by atoms with Crippen LogP contribution in [0.1, 0.15) is 30.9 Å². The molecule has 116 valence electrons. The van der Waals surface area contributed by atoms with Crippen LogP contribution < -0.4 is 5.32 Å². The molecule has 1 amide bonds. The summed E-state index contributed by atoms with van der Waals surface area (Å²) in [5.74, 6) is 0.316. The van der Waals surface area contributed by atoms with Crippen LogP contribution in [0.2, 0.25) is 0 Å². The molecule has 2 nitrogen and oxygen atoms in total. The summed E-state index contributed by atoms with van der Waals surface area (Å²) in [5.41, 5.74) is 1.92. The Bertz CT molecular complexity index is 610. The van der Waals surface area contributed by atoms with Crippen molar-refractivity contribution < 1.29 is 9.18 Å². The zero-order valence-corrected chi connectivity index (χ0v) is 13.1. The van der Waals surface area contributed by atoms with Gasteiger partial charge in [0.2, 0.25) is 5.91 Å². The minimum absolute atomic E-state index is 0.0767. The van der Waals surface area contributed by atoms with Gasteiger partial charge in [-0.3, -0.25) is 4.79 Å². The van der Waals surface area contributed by atoms with Gasteiger partial charge < -0.3 is 5.32 Å². The number of hydrogen-bond acceptors (Lipinski definition) is 1. The van der Waals surface area contributed by atoms with Crippen LogP contribution in [0.5, 0.6) is 0 Å². The second kappa shape index (κ2) is 7.74. The first-order valence-electron chi connectivity index (χ1n) is 7.62. The molecule has 0 fully saturated rings. The van der Waals surface area contributed by atoms with Crippen molar-refractivity contribution in [2.24, 2.45) is 5.92 Å². The second-order valence-corrected chi connectivity index (χ2v) is 5.87. The number of nitrogens with one attached hydrogen (secondary N) is 1. The van der Waals surface area contributed by atoms with Crippen LogP contribution >= 0.6 is 0 Å². The number of hydrogen-bond donors (Lipinski definition) is 1. The Labute approximate surface area is 131 Å². The highest BCUT2D eigenvalue weighted by atomic mass is 19.1. The highest BCUT2D eigenvalue weighted by Crippen LogP contribution is 2.23. The lowest BCUT2D eigenvalue weighted by Gasteiger charge is -2.22. The lowest BCUT2D eigenvalue weighted by molar-refractivity contribution is -0.120. The summed E-state index contributed by atoms with van der Waals surface area (Å²) < 4.78 is 13.1.